The van der Waals surface area contributed by atoms with Crippen molar-refractivity contribution in [2.24, 2.45) is 4.99 Å². The molecule has 0 fully saturated rings. The Morgan fingerprint density at radius 3 is 2.50 bits per heavy atom. The summed E-state index contributed by atoms with van der Waals surface area (Å²) < 4.78 is 7.06. The molecule has 1 heterocycles. The smallest absolute Gasteiger partial charge is 0.269 e. The molecule has 0 aliphatic rings. The highest BCUT2D eigenvalue weighted by Crippen LogP contribution is 2.27. The molecular formula is C19H18N4O3. The maximum Gasteiger partial charge on any atom is 0.269 e. The van der Waals surface area contributed by atoms with Crippen molar-refractivity contribution in [3.8, 4) is 11.4 Å². The zero-order valence-electron chi connectivity index (χ0n) is 14.7. The minimum absolute atomic E-state index is 0.0460. The Morgan fingerprint density at radius 1 is 1.15 bits per heavy atom. The zero-order valence-corrected chi connectivity index (χ0v) is 14.7. The van der Waals surface area contributed by atoms with E-state index in [0.29, 0.717) is 0 Å². The number of aliphatic imine (C=N–C) groups is 1. The highest BCUT2D eigenvalue weighted by Gasteiger charge is 2.13. The fraction of sp³-hybridized carbons (Fsp3) is 0.158. The number of non-ortho nitro benzene ring substituents is 1. The number of methoxy groups -OCH3 is 1. The summed E-state index contributed by atoms with van der Waals surface area (Å²) in [6, 6.07) is 13.9. The zero-order chi connectivity index (χ0) is 18.7. The third-order valence-corrected chi connectivity index (χ3v) is 4.03. The number of aryl methyl sites for hydroxylation is 1. The molecule has 3 aromatic rings. The number of para-hydroxylation sites is 1. The van der Waals surface area contributed by atoms with Gasteiger partial charge in [-0.1, -0.05) is 12.1 Å². The summed E-state index contributed by atoms with van der Waals surface area (Å²) in [6.07, 6.45) is 1.75. The lowest BCUT2D eigenvalue weighted by atomic mass is 10.2. The van der Waals surface area contributed by atoms with Crippen molar-refractivity contribution in [2.45, 2.75) is 13.8 Å². The summed E-state index contributed by atoms with van der Waals surface area (Å²) in [5, 5.41) is 15.3. The van der Waals surface area contributed by atoms with E-state index in [1.165, 1.54) is 12.1 Å². The van der Waals surface area contributed by atoms with E-state index < -0.39 is 4.92 Å². The molecule has 2 aromatic carbocycles. The van der Waals surface area contributed by atoms with Gasteiger partial charge in [-0.15, -0.1) is 0 Å². The summed E-state index contributed by atoms with van der Waals surface area (Å²) >= 11 is 0. The number of hydrogen-bond donors (Lipinski definition) is 0. The number of hydrogen-bond acceptors (Lipinski definition) is 5. The molecule has 26 heavy (non-hydrogen) atoms. The highest BCUT2D eigenvalue weighted by molar-refractivity contribution is 5.85. The molecule has 0 aliphatic carbocycles. The molecule has 0 radical (unpaired) electrons. The van der Waals surface area contributed by atoms with E-state index in [0.717, 1.165) is 34.1 Å². The van der Waals surface area contributed by atoms with Gasteiger partial charge in [0.25, 0.3) is 5.69 Å². The number of benzene rings is 2. The first-order chi connectivity index (χ1) is 12.5. The highest BCUT2D eigenvalue weighted by atomic mass is 16.6. The van der Waals surface area contributed by atoms with Gasteiger partial charge < -0.3 is 4.74 Å². The van der Waals surface area contributed by atoms with Crippen LogP contribution >= 0.6 is 0 Å². The molecule has 0 atom stereocenters. The number of rotatable bonds is 5. The minimum Gasteiger partial charge on any atom is -0.496 e. The lowest BCUT2D eigenvalue weighted by molar-refractivity contribution is -0.384. The van der Waals surface area contributed by atoms with Crippen molar-refractivity contribution in [1.29, 1.82) is 0 Å². The molecule has 0 N–H and O–H groups in total. The van der Waals surface area contributed by atoms with Crippen LogP contribution in [0, 0.1) is 24.0 Å². The van der Waals surface area contributed by atoms with Gasteiger partial charge in [0.2, 0.25) is 0 Å². The van der Waals surface area contributed by atoms with Gasteiger partial charge in [0.05, 0.1) is 29.1 Å². The number of nitro groups is 1. The van der Waals surface area contributed by atoms with Gasteiger partial charge in [0, 0.05) is 23.9 Å². The summed E-state index contributed by atoms with van der Waals surface area (Å²) in [5.74, 6) is 0.745. The minimum atomic E-state index is -0.423. The molecule has 7 heteroatoms. The summed E-state index contributed by atoms with van der Waals surface area (Å²) in [5.41, 5.74) is 4.04. The SMILES string of the molecule is COc1ccccc1C=Nc1c(C)nn(-c2ccc([N+](=O)[O-])cc2)c1C. The molecule has 0 unspecified atom stereocenters. The third-order valence-electron chi connectivity index (χ3n) is 4.03. The molecule has 1 aromatic heterocycles. The van der Waals surface area contributed by atoms with Crippen LogP contribution in [0.5, 0.6) is 5.75 Å². The first-order valence-corrected chi connectivity index (χ1v) is 7.99. The van der Waals surface area contributed by atoms with Crippen LogP contribution in [0.4, 0.5) is 11.4 Å². The van der Waals surface area contributed by atoms with Crippen molar-refractivity contribution in [3.63, 3.8) is 0 Å². The molecule has 0 saturated carbocycles. The maximum atomic E-state index is 10.8. The van der Waals surface area contributed by atoms with Gasteiger partial charge in [-0.25, -0.2) is 4.68 Å². The van der Waals surface area contributed by atoms with Crippen LogP contribution < -0.4 is 4.74 Å². The van der Waals surface area contributed by atoms with Gasteiger partial charge in [-0.3, -0.25) is 15.1 Å². The van der Waals surface area contributed by atoms with Crippen LogP contribution in [0.1, 0.15) is 17.0 Å². The Kier molecular flexibility index (Phi) is 4.79. The molecule has 0 saturated heterocycles. The fourth-order valence-corrected chi connectivity index (χ4v) is 2.70. The largest absolute Gasteiger partial charge is 0.496 e. The Labute approximate surface area is 150 Å². The monoisotopic (exact) mass is 350 g/mol. The molecular weight excluding hydrogens is 332 g/mol. The second-order valence-corrected chi connectivity index (χ2v) is 5.70. The third kappa shape index (κ3) is 3.32. The molecule has 3 rings (SSSR count). The van der Waals surface area contributed by atoms with Crippen LogP contribution in [0.2, 0.25) is 0 Å². The second kappa shape index (κ2) is 7.18. The van der Waals surface area contributed by atoms with Crippen LogP contribution in [0.25, 0.3) is 5.69 Å². The van der Waals surface area contributed by atoms with Crippen molar-refractivity contribution >= 4 is 17.6 Å². The predicted octanol–water partition coefficient (Wildman–Crippen LogP) is 4.16. The molecule has 7 nitrogen and oxygen atoms in total. The van der Waals surface area contributed by atoms with Crippen LogP contribution in [-0.2, 0) is 0 Å². The first kappa shape index (κ1) is 17.3. The number of aromatic nitrogens is 2. The van der Waals surface area contributed by atoms with Crippen molar-refractivity contribution in [3.05, 3.63) is 75.6 Å². The standard InChI is InChI=1S/C19H18N4O3/c1-13-19(20-12-15-6-4-5-7-18(15)26-3)14(2)22(21-13)16-8-10-17(11-9-16)23(24)25/h4-12H,1-3H3. The summed E-state index contributed by atoms with van der Waals surface area (Å²) in [4.78, 5) is 15.0. The Morgan fingerprint density at radius 2 is 1.85 bits per heavy atom. The van der Waals surface area contributed by atoms with E-state index in [-0.39, 0.29) is 5.69 Å². The number of nitro benzene ring substituents is 1. The normalized spacial score (nSPS) is 11.0. The Hall–Kier alpha value is -3.48. The van der Waals surface area contributed by atoms with Crippen LogP contribution in [-0.4, -0.2) is 28.0 Å². The molecule has 0 spiro atoms. The summed E-state index contributed by atoms with van der Waals surface area (Å²) in [6.45, 7) is 3.79. The van der Waals surface area contributed by atoms with Crippen molar-refractivity contribution in [2.75, 3.05) is 7.11 Å². The van der Waals surface area contributed by atoms with E-state index in [2.05, 4.69) is 10.1 Å². The Balaban J connectivity index is 1.95. The first-order valence-electron chi connectivity index (χ1n) is 7.99. The average Bonchev–Trinajstić information content (AvgIpc) is 2.94. The van der Waals surface area contributed by atoms with Crippen LogP contribution in [0.15, 0.2) is 53.5 Å². The predicted molar refractivity (Wildman–Crippen MR) is 99.9 cm³/mol. The fourth-order valence-electron chi connectivity index (χ4n) is 2.70. The van der Waals surface area contributed by atoms with E-state index in [4.69, 9.17) is 4.74 Å². The topological polar surface area (TPSA) is 82.5 Å². The van der Waals surface area contributed by atoms with Crippen LogP contribution in [0.3, 0.4) is 0 Å². The molecule has 0 aliphatic heterocycles. The van der Waals surface area contributed by atoms with Crippen molar-refractivity contribution < 1.29 is 9.66 Å². The number of nitrogens with zero attached hydrogens (tertiary/aromatic N) is 4. The maximum absolute atomic E-state index is 10.8. The Bertz CT molecular complexity index is 975. The van der Waals surface area contributed by atoms with Gasteiger partial charge in [-0.05, 0) is 38.1 Å². The van der Waals surface area contributed by atoms with E-state index >= 15 is 0 Å². The van der Waals surface area contributed by atoms with Crippen molar-refractivity contribution in [1.82, 2.24) is 9.78 Å². The average molecular weight is 350 g/mol. The van der Waals surface area contributed by atoms with Gasteiger partial charge in [0.1, 0.15) is 11.4 Å². The molecule has 0 bridgehead atoms. The quantitative estimate of drug-likeness (QED) is 0.393. The van der Waals surface area contributed by atoms with Gasteiger partial charge >= 0.3 is 0 Å². The lowest BCUT2D eigenvalue weighted by Crippen LogP contribution is -1.99. The van der Waals surface area contributed by atoms with E-state index in [9.17, 15) is 10.1 Å². The second-order valence-electron chi connectivity index (χ2n) is 5.70. The van der Waals surface area contributed by atoms with E-state index in [1.54, 1.807) is 30.1 Å². The lowest BCUT2D eigenvalue weighted by Gasteiger charge is -2.04. The van der Waals surface area contributed by atoms with E-state index in [1.807, 2.05) is 38.1 Å². The number of ether oxygens (including phenoxy) is 1. The molecule has 0 amide bonds. The van der Waals surface area contributed by atoms with Gasteiger partial charge in [0.15, 0.2) is 0 Å². The summed E-state index contributed by atoms with van der Waals surface area (Å²) in [7, 11) is 1.62. The molecule has 132 valence electrons. The van der Waals surface area contributed by atoms with Gasteiger partial charge in [-0.2, -0.15) is 5.10 Å².